The molecule has 0 aliphatic rings. The minimum absolute atomic E-state index is 0.788. The average molecular weight is 274 g/mol. The van der Waals surface area contributed by atoms with Gasteiger partial charge < -0.3 is 4.98 Å². The second-order valence-corrected chi connectivity index (χ2v) is 5.57. The first kappa shape index (κ1) is 11.7. The van der Waals surface area contributed by atoms with Gasteiger partial charge in [-0.2, -0.15) is 0 Å². The van der Waals surface area contributed by atoms with Gasteiger partial charge >= 0.3 is 0 Å². The zero-order valence-corrected chi connectivity index (χ0v) is 11.3. The third-order valence-electron chi connectivity index (χ3n) is 2.86. The first-order valence-corrected chi connectivity index (χ1v) is 7.12. The molecular weight excluding hydrogens is 262 g/mol. The molecule has 0 unspecified atom stereocenters. The van der Waals surface area contributed by atoms with Crippen molar-refractivity contribution in [2.24, 2.45) is 0 Å². The highest BCUT2D eigenvalue weighted by Gasteiger charge is 2.03. The van der Waals surface area contributed by atoms with Crippen LogP contribution < -0.4 is 0 Å². The number of nitrogens with one attached hydrogen (secondary N) is 1. The fourth-order valence-electron chi connectivity index (χ4n) is 1.91. The van der Waals surface area contributed by atoms with Crippen molar-refractivity contribution in [1.82, 2.24) is 4.98 Å². The van der Waals surface area contributed by atoms with E-state index < -0.39 is 0 Å². The van der Waals surface area contributed by atoms with Crippen LogP contribution in [0.15, 0.2) is 59.6 Å². The molecule has 0 saturated carbocycles. The molecule has 0 amide bonds. The van der Waals surface area contributed by atoms with E-state index in [4.69, 9.17) is 11.6 Å². The number of benzene rings is 2. The summed E-state index contributed by atoms with van der Waals surface area (Å²) in [5.74, 6) is 0.957. The normalized spacial score (nSPS) is 10.9. The summed E-state index contributed by atoms with van der Waals surface area (Å²) in [4.78, 5) is 4.58. The van der Waals surface area contributed by atoms with Gasteiger partial charge in [0.25, 0.3) is 0 Å². The summed E-state index contributed by atoms with van der Waals surface area (Å²) in [5.41, 5.74) is 2.48. The van der Waals surface area contributed by atoms with E-state index in [1.807, 2.05) is 30.0 Å². The smallest absolute Gasteiger partial charge is 0.0465 e. The summed E-state index contributed by atoms with van der Waals surface area (Å²) in [6.45, 7) is 0. The molecule has 1 nitrogen and oxygen atoms in total. The molecule has 0 fully saturated rings. The van der Waals surface area contributed by atoms with Crippen molar-refractivity contribution in [3.63, 3.8) is 0 Å². The van der Waals surface area contributed by atoms with E-state index in [2.05, 4.69) is 41.5 Å². The third-order valence-corrected chi connectivity index (χ3v) is 4.24. The van der Waals surface area contributed by atoms with Crippen molar-refractivity contribution in [2.45, 2.75) is 10.6 Å². The minimum Gasteiger partial charge on any atom is -0.360 e. The molecule has 0 bridgehead atoms. The highest BCUT2D eigenvalue weighted by molar-refractivity contribution is 7.98. The molecule has 3 heteroatoms. The lowest BCUT2D eigenvalue weighted by Crippen LogP contribution is -1.79. The van der Waals surface area contributed by atoms with E-state index in [1.165, 1.54) is 21.4 Å². The van der Waals surface area contributed by atoms with Crippen LogP contribution >= 0.6 is 23.4 Å². The van der Waals surface area contributed by atoms with Gasteiger partial charge in [-0.3, -0.25) is 0 Å². The van der Waals surface area contributed by atoms with Crippen LogP contribution in [0, 0.1) is 0 Å². The number of hydrogen-bond acceptors (Lipinski definition) is 1. The van der Waals surface area contributed by atoms with Gasteiger partial charge in [0.1, 0.15) is 0 Å². The topological polar surface area (TPSA) is 15.8 Å². The molecule has 1 N–H and O–H groups in total. The van der Waals surface area contributed by atoms with E-state index in [0.717, 1.165) is 10.8 Å². The maximum absolute atomic E-state index is 5.88. The Labute approximate surface area is 115 Å². The summed E-state index contributed by atoms with van der Waals surface area (Å²) >= 11 is 7.72. The average Bonchev–Trinajstić information content (AvgIpc) is 2.82. The molecule has 1 heterocycles. The predicted molar refractivity (Wildman–Crippen MR) is 79.3 cm³/mol. The van der Waals surface area contributed by atoms with Crippen LogP contribution in [0.2, 0.25) is 5.02 Å². The van der Waals surface area contributed by atoms with Crippen LogP contribution in [-0.4, -0.2) is 4.98 Å². The molecule has 3 aromatic rings. The number of fused-ring (bicyclic) bond motifs is 1. The molecule has 0 radical (unpaired) electrons. The quantitative estimate of drug-likeness (QED) is 0.656. The lowest BCUT2D eigenvalue weighted by Gasteiger charge is -2.01. The van der Waals surface area contributed by atoms with E-state index >= 15 is 0 Å². The Balaban J connectivity index is 1.79. The van der Waals surface area contributed by atoms with Crippen molar-refractivity contribution in [3.05, 3.63) is 65.3 Å². The molecule has 0 aliphatic heterocycles. The molecule has 2 aromatic carbocycles. The van der Waals surface area contributed by atoms with Crippen molar-refractivity contribution >= 4 is 34.3 Å². The molecule has 18 heavy (non-hydrogen) atoms. The van der Waals surface area contributed by atoms with E-state index in [9.17, 15) is 0 Å². The Morgan fingerprint density at radius 3 is 2.61 bits per heavy atom. The van der Waals surface area contributed by atoms with E-state index in [0.29, 0.717) is 0 Å². The number of para-hydroxylation sites is 1. The van der Waals surface area contributed by atoms with Gasteiger partial charge in [-0.15, -0.1) is 11.8 Å². The number of H-pyrrole nitrogens is 1. The molecule has 0 aliphatic carbocycles. The summed E-state index contributed by atoms with van der Waals surface area (Å²) in [6, 6.07) is 16.4. The maximum atomic E-state index is 5.88. The van der Waals surface area contributed by atoms with Crippen molar-refractivity contribution in [1.29, 1.82) is 0 Å². The molecule has 1 aromatic heterocycles. The lowest BCUT2D eigenvalue weighted by molar-refractivity contribution is 1.38. The summed E-state index contributed by atoms with van der Waals surface area (Å²) < 4.78 is 0. The summed E-state index contributed by atoms with van der Waals surface area (Å²) in [5, 5.41) is 2.08. The largest absolute Gasteiger partial charge is 0.360 e. The number of aromatic amines is 1. The summed E-state index contributed by atoms with van der Waals surface area (Å²) in [7, 11) is 0. The van der Waals surface area contributed by atoms with Gasteiger partial charge in [-0.25, -0.2) is 0 Å². The number of halogens is 1. The zero-order valence-electron chi connectivity index (χ0n) is 9.69. The van der Waals surface area contributed by atoms with Gasteiger partial charge in [0.2, 0.25) is 0 Å². The van der Waals surface area contributed by atoms with Crippen LogP contribution in [0.5, 0.6) is 0 Å². The Bertz CT molecular complexity index is 658. The first-order valence-electron chi connectivity index (χ1n) is 5.76. The number of hydrogen-bond donors (Lipinski definition) is 1. The fourth-order valence-corrected chi connectivity index (χ4v) is 3.02. The Morgan fingerprint density at radius 2 is 1.78 bits per heavy atom. The second-order valence-electron chi connectivity index (χ2n) is 4.11. The molecular formula is C15H12ClNS. The van der Waals surface area contributed by atoms with Crippen LogP contribution in [0.1, 0.15) is 5.56 Å². The number of rotatable bonds is 3. The Hall–Kier alpha value is -1.38. The standard InChI is InChI=1S/C15H12ClNS/c16-12-7-5-11(6-8-12)10-18-15-9-17-14-4-2-1-3-13(14)15/h1-9,17H,10H2. The van der Waals surface area contributed by atoms with Crippen LogP contribution in [-0.2, 0) is 5.75 Å². The molecule has 0 spiro atoms. The predicted octanol–water partition coefficient (Wildman–Crippen LogP) is 5.11. The Kier molecular flexibility index (Phi) is 3.31. The van der Waals surface area contributed by atoms with Crippen LogP contribution in [0.4, 0.5) is 0 Å². The van der Waals surface area contributed by atoms with Gasteiger partial charge in [0.15, 0.2) is 0 Å². The minimum atomic E-state index is 0.788. The van der Waals surface area contributed by atoms with Crippen molar-refractivity contribution in [3.8, 4) is 0 Å². The highest BCUT2D eigenvalue weighted by Crippen LogP contribution is 2.30. The SMILES string of the molecule is Clc1ccc(CSc2c[nH]c3ccccc23)cc1. The monoisotopic (exact) mass is 273 g/mol. The zero-order chi connectivity index (χ0) is 12.4. The Morgan fingerprint density at radius 1 is 1.00 bits per heavy atom. The van der Waals surface area contributed by atoms with E-state index in [1.54, 1.807) is 0 Å². The summed E-state index contributed by atoms with van der Waals surface area (Å²) in [6.07, 6.45) is 2.07. The van der Waals surface area contributed by atoms with Crippen LogP contribution in [0.25, 0.3) is 10.9 Å². The number of thioether (sulfide) groups is 1. The van der Waals surface area contributed by atoms with Gasteiger partial charge in [0, 0.05) is 32.8 Å². The third kappa shape index (κ3) is 2.40. The van der Waals surface area contributed by atoms with Crippen LogP contribution in [0.3, 0.4) is 0 Å². The van der Waals surface area contributed by atoms with Gasteiger partial charge in [-0.05, 0) is 23.8 Å². The van der Waals surface area contributed by atoms with Crippen molar-refractivity contribution < 1.29 is 0 Å². The highest BCUT2D eigenvalue weighted by atomic mass is 35.5. The molecule has 0 saturated heterocycles. The van der Waals surface area contributed by atoms with Gasteiger partial charge in [-0.1, -0.05) is 41.9 Å². The molecule has 0 atom stereocenters. The first-order chi connectivity index (χ1) is 8.83. The number of aromatic nitrogens is 1. The molecule has 90 valence electrons. The lowest BCUT2D eigenvalue weighted by atomic mass is 10.2. The van der Waals surface area contributed by atoms with E-state index in [-0.39, 0.29) is 0 Å². The molecule has 3 rings (SSSR count). The van der Waals surface area contributed by atoms with Crippen molar-refractivity contribution in [2.75, 3.05) is 0 Å². The fraction of sp³-hybridized carbons (Fsp3) is 0.0667. The maximum Gasteiger partial charge on any atom is 0.0465 e. The van der Waals surface area contributed by atoms with Gasteiger partial charge in [0.05, 0.1) is 0 Å². The second kappa shape index (κ2) is 5.09.